The van der Waals surface area contributed by atoms with Crippen LogP contribution in [-0.2, 0) is 0 Å². The van der Waals surface area contributed by atoms with E-state index in [0.717, 1.165) is 11.1 Å². The van der Waals surface area contributed by atoms with Gasteiger partial charge in [-0.3, -0.25) is 0 Å². The monoisotopic (exact) mass is 299 g/mol. The maximum Gasteiger partial charge on any atom is 0.231 e. The van der Waals surface area contributed by atoms with Crippen LogP contribution in [0.15, 0.2) is 40.8 Å². The van der Waals surface area contributed by atoms with Gasteiger partial charge in [0.05, 0.1) is 5.56 Å². The summed E-state index contributed by atoms with van der Waals surface area (Å²) in [5, 5.41) is 13.0. The van der Waals surface area contributed by atoms with Gasteiger partial charge in [-0.1, -0.05) is 6.07 Å². The number of oxazole rings is 1. The molecule has 0 aliphatic rings. The van der Waals surface area contributed by atoms with Crippen molar-refractivity contribution in [3.05, 3.63) is 42.0 Å². The zero-order chi connectivity index (χ0) is 15.0. The fourth-order valence-corrected chi connectivity index (χ4v) is 2.20. The SMILES string of the molecule is Cc1ccc2nc(-c3ccc(NC(N)=S)cc3O)oc2c1. The Hall–Kier alpha value is -2.60. The summed E-state index contributed by atoms with van der Waals surface area (Å²) < 4.78 is 5.69. The number of aromatic hydroxyl groups is 1. The lowest BCUT2D eigenvalue weighted by Crippen LogP contribution is -2.18. The fraction of sp³-hybridized carbons (Fsp3) is 0.0667. The van der Waals surface area contributed by atoms with E-state index in [4.69, 9.17) is 22.4 Å². The summed E-state index contributed by atoms with van der Waals surface area (Å²) in [4.78, 5) is 4.38. The lowest BCUT2D eigenvalue weighted by Gasteiger charge is -2.06. The van der Waals surface area contributed by atoms with Crippen molar-refractivity contribution >= 4 is 34.1 Å². The average Bonchev–Trinajstić information content (AvgIpc) is 2.80. The summed E-state index contributed by atoms with van der Waals surface area (Å²) in [5.41, 5.74) is 9.04. The van der Waals surface area contributed by atoms with Crippen molar-refractivity contribution in [1.29, 1.82) is 0 Å². The van der Waals surface area contributed by atoms with Crippen LogP contribution in [0.25, 0.3) is 22.6 Å². The van der Waals surface area contributed by atoms with Crippen LogP contribution >= 0.6 is 12.2 Å². The molecule has 3 aromatic rings. The number of hydrogen-bond donors (Lipinski definition) is 3. The normalized spacial score (nSPS) is 10.7. The highest BCUT2D eigenvalue weighted by atomic mass is 32.1. The first kappa shape index (κ1) is 13.4. The van der Waals surface area contributed by atoms with E-state index in [1.54, 1.807) is 12.1 Å². The molecule has 1 aromatic heterocycles. The topological polar surface area (TPSA) is 84.3 Å². The maximum atomic E-state index is 10.1. The summed E-state index contributed by atoms with van der Waals surface area (Å²) in [6.45, 7) is 1.98. The van der Waals surface area contributed by atoms with Gasteiger partial charge in [0.1, 0.15) is 11.3 Å². The Labute approximate surface area is 126 Å². The molecule has 2 aromatic carbocycles. The number of nitrogens with zero attached hydrogens (tertiary/aromatic N) is 1. The van der Waals surface area contributed by atoms with E-state index in [1.165, 1.54) is 6.07 Å². The molecule has 0 bridgehead atoms. The van der Waals surface area contributed by atoms with Gasteiger partial charge in [0.15, 0.2) is 10.7 Å². The van der Waals surface area contributed by atoms with E-state index >= 15 is 0 Å². The van der Waals surface area contributed by atoms with Crippen LogP contribution in [0.5, 0.6) is 5.75 Å². The Morgan fingerprint density at radius 3 is 2.81 bits per heavy atom. The summed E-state index contributed by atoms with van der Waals surface area (Å²) in [7, 11) is 0. The lowest BCUT2D eigenvalue weighted by molar-refractivity contribution is 0.474. The summed E-state index contributed by atoms with van der Waals surface area (Å²) >= 11 is 4.76. The highest BCUT2D eigenvalue weighted by Gasteiger charge is 2.13. The van der Waals surface area contributed by atoms with Gasteiger partial charge in [-0.05, 0) is 49.0 Å². The molecule has 6 heteroatoms. The van der Waals surface area contributed by atoms with Crippen molar-refractivity contribution in [3.8, 4) is 17.2 Å². The van der Waals surface area contributed by atoms with E-state index in [0.29, 0.717) is 22.7 Å². The summed E-state index contributed by atoms with van der Waals surface area (Å²) in [5.74, 6) is 0.412. The molecule has 0 atom stereocenters. The molecule has 4 N–H and O–H groups in total. The Bertz CT molecular complexity index is 842. The number of nitrogens with one attached hydrogen (secondary N) is 1. The molecule has 0 amide bonds. The molecule has 0 radical (unpaired) electrons. The van der Waals surface area contributed by atoms with Gasteiger partial charge in [-0.2, -0.15) is 0 Å². The van der Waals surface area contributed by atoms with Crippen LogP contribution in [0, 0.1) is 6.92 Å². The van der Waals surface area contributed by atoms with Crippen LogP contribution < -0.4 is 11.1 Å². The molecule has 0 aliphatic heterocycles. The van der Waals surface area contributed by atoms with Crippen molar-refractivity contribution in [2.24, 2.45) is 5.73 Å². The van der Waals surface area contributed by atoms with Crippen LogP contribution in [-0.4, -0.2) is 15.2 Å². The number of fused-ring (bicyclic) bond motifs is 1. The van der Waals surface area contributed by atoms with Gasteiger partial charge in [-0.15, -0.1) is 0 Å². The summed E-state index contributed by atoms with van der Waals surface area (Å²) in [6, 6.07) is 10.7. The lowest BCUT2D eigenvalue weighted by atomic mass is 10.2. The first-order valence-corrected chi connectivity index (χ1v) is 6.71. The summed E-state index contributed by atoms with van der Waals surface area (Å²) in [6.07, 6.45) is 0. The van der Waals surface area contributed by atoms with E-state index in [1.807, 2.05) is 25.1 Å². The Morgan fingerprint density at radius 2 is 2.10 bits per heavy atom. The van der Waals surface area contributed by atoms with Crippen molar-refractivity contribution in [1.82, 2.24) is 4.98 Å². The second-order valence-corrected chi connectivity index (χ2v) is 5.15. The molecule has 0 fully saturated rings. The Morgan fingerprint density at radius 1 is 1.29 bits per heavy atom. The van der Waals surface area contributed by atoms with E-state index < -0.39 is 0 Å². The molecule has 0 saturated heterocycles. The molecule has 0 spiro atoms. The Balaban J connectivity index is 2.03. The van der Waals surface area contributed by atoms with Crippen LogP contribution in [0.3, 0.4) is 0 Å². The number of aromatic nitrogens is 1. The number of aryl methyl sites for hydroxylation is 1. The number of nitrogens with two attached hydrogens (primary N) is 1. The van der Waals surface area contributed by atoms with Gasteiger partial charge < -0.3 is 20.6 Å². The third-order valence-corrected chi connectivity index (χ3v) is 3.14. The van der Waals surface area contributed by atoms with Gasteiger partial charge >= 0.3 is 0 Å². The van der Waals surface area contributed by atoms with Gasteiger partial charge in [0.2, 0.25) is 5.89 Å². The molecule has 1 heterocycles. The molecule has 21 heavy (non-hydrogen) atoms. The average molecular weight is 299 g/mol. The van der Waals surface area contributed by atoms with Gasteiger partial charge in [0.25, 0.3) is 0 Å². The highest BCUT2D eigenvalue weighted by Crippen LogP contribution is 2.33. The predicted molar refractivity (Wildman–Crippen MR) is 86.3 cm³/mol. The molecule has 0 saturated carbocycles. The number of phenolic OH excluding ortho intramolecular Hbond substituents is 1. The van der Waals surface area contributed by atoms with Crippen LogP contribution in [0.1, 0.15) is 5.56 Å². The van der Waals surface area contributed by atoms with Crippen LogP contribution in [0.4, 0.5) is 5.69 Å². The number of thiocarbonyl (C=S) groups is 1. The molecular formula is C15H13N3O2S. The smallest absolute Gasteiger partial charge is 0.231 e. The number of phenols is 1. The molecule has 0 unspecified atom stereocenters. The predicted octanol–water partition coefficient (Wildman–Crippen LogP) is 3.16. The second kappa shape index (κ2) is 5.06. The van der Waals surface area contributed by atoms with E-state index in [2.05, 4.69) is 10.3 Å². The minimum absolute atomic E-state index is 0.0412. The standard InChI is InChI=1S/C15H13N3O2S/c1-8-2-5-11-13(6-8)20-14(18-11)10-4-3-9(7-12(10)19)17-15(16)21/h2-7,19H,1H3,(H3,16,17,21). The highest BCUT2D eigenvalue weighted by molar-refractivity contribution is 7.80. The number of anilines is 1. The minimum atomic E-state index is 0.0412. The molecule has 5 nitrogen and oxygen atoms in total. The van der Waals surface area contributed by atoms with Crippen molar-refractivity contribution in [2.75, 3.05) is 5.32 Å². The third-order valence-electron chi connectivity index (χ3n) is 3.04. The van der Waals surface area contributed by atoms with Crippen LogP contribution in [0.2, 0.25) is 0 Å². The van der Waals surface area contributed by atoms with Crippen molar-refractivity contribution in [2.45, 2.75) is 6.92 Å². The number of benzene rings is 2. The first-order chi connectivity index (χ1) is 10.0. The number of hydrogen-bond acceptors (Lipinski definition) is 4. The minimum Gasteiger partial charge on any atom is -0.507 e. The van der Waals surface area contributed by atoms with Crippen molar-refractivity contribution in [3.63, 3.8) is 0 Å². The van der Waals surface area contributed by atoms with Gasteiger partial charge in [0, 0.05) is 11.8 Å². The Kier molecular flexibility index (Phi) is 3.23. The zero-order valence-corrected chi connectivity index (χ0v) is 12.1. The van der Waals surface area contributed by atoms with E-state index in [9.17, 15) is 5.11 Å². The first-order valence-electron chi connectivity index (χ1n) is 6.30. The van der Waals surface area contributed by atoms with E-state index in [-0.39, 0.29) is 10.9 Å². The molecular weight excluding hydrogens is 286 g/mol. The zero-order valence-electron chi connectivity index (χ0n) is 11.3. The largest absolute Gasteiger partial charge is 0.507 e. The quantitative estimate of drug-likeness (QED) is 0.630. The van der Waals surface area contributed by atoms with Crippen molar-refractivity contribution < 1.29 is 9.52 Å². The van der Waals surface area contributed by atoms with Gasteiger partial charge in [-0.25, -0.2) is 4.98 Å². The second-order valence-electron chi connectivity index (χ2n) is 4.71. The number of rotatable bonds is 2. The maximum absolute atomic E-state index is 10.1. The fourth-order valence-electron chi connectivity index (χ4n) is 2.08. The third kappa shape index (κ3) is 2.66. The molecule has 0 aliphatic carbocycles. The molecule has 106 valence electrons. The molecule has 3 rings (SSSR count).